The van der Waals surface area contributed by atoms with Crippen molar-refractivity contribution in [1.29, 1.82) is 0 Å². The molecule has 2 bridgehead atoms. The molecule has 2 aromatic carbocycles. The van der Waals surface area contributed by atoms with Gasteiger partial charge in [-0.15, -0.1) is 0 Å². The van der Waals surface area contributed by atoms with Gasteiger partial charge in [0.05, 0.1) is 30.3 Å². The molecular formula is C38H44O10. The summed E-state index contributed by atoms with van der Waals surface area (Å²) in [6.45, 7) is 10.7. The SMILES string of the molecule is CC(=O)O[C@H]1C[C@H]2[C@@H](OC(=O)c3ccccc3)[C@@H]3[C@]4(OC(C)=O)CO[C@@H]4C[C@@H]4OC(c5ccccc5)O[C@@H]([C@H](O)C(=C1C)C2(C)C)[C@]43C. The number of aliphatic hydroxyl groups is 1. The summed E-state index contributed by atoms with van der Waals surface area (Å²) in [5, 5.41) is 12.7. The average Bonchev–Trinajstić information content (AvgIpc) is 3.03. The molecular weight excluding hydrogens is 616 g/mol. The van der Waals surface area contributed by atoms with Crippen LogP contribution in [0.5, 0.6) is 0 Å². The first-order chi connectivity index (χ1) is 22.8. The Balaban J connectivity index is 1.48. The van der Waals surface area contributed by atoms with Gasteiger partial charge < -0.3 is 33.5 Å². The molecule has 2 heterocycles. The highest BCUT2D eigenvalue weighted by Crippen LogP contribution is 2.66. The van der Waals surface area contributed by atoms with Gasteiger partial charge in [-0.2, -0.15) is 0 Å². The predicted molar refractivity (Wildman–Crippen MR) is 171 cm³/mol. The highest BCUT2D eigenvalue weighted by Gasteiger charge is 2.77. The highest BCUT2D eigenvalue weighted by atomic mass is 16.7. The van der Waals surface area contributed by atoms with E-state index in [9.17, 15) is 19.5 Å². The summed E-state index contributed by atoms with van der Waals surface area (Å²) in [6, 6.07) is 18.3. The zero-order valence-electron chi connectivity index (χ0n) is 28.2. The van der Waals surface area contributed by atoms with Crippen LogP contribution in [0.3, 0.4) is 0 Å². The van der Waals surface area contributed by atoms with Crippen LogP contribution in [0.4, 0.5) is 0 Å². The van der Waals surface area contributed by atoms with Gasteiger partial charge in [0.25, 0.3) is 0 Å². The number of carbonyl (C=O) groups excluding carboxylic acids is 3. The number of ether oxygens (including phenoxy) is 6. The number of aliphatic hydroxyl groups excluding tert-OH is 1. The van der Waals surface area contributed by atoms with E-state index in [2.05, 4.69) is 0 Å². The molecule has 11 atom stereocenters. The Morgan fingerprint density at radius 1 is 0.854 bits per heavy atom. The summed E-state index contributed by atoms with van der Waals surface area (Å²) in [6.07, 6.45) is -4.87. The largest absolute Gasteiger partial charge is 0.458 e. The maximum atomic E-state index is 14.1. The summed E-state index contributed by atoms with van der Waals surface area (Å²) >= 11 is 0. The van der Waals surface area contributed by atoms with Crippen molar-refractivity contribution in [1.82, 2.24) is 0 Å². The fourth-order valence-electron chi connectivity index (χ4n) is 9.74. The molecule has 1 N–H and O–H groups in total. The van der Waals surface area contributed by atoms with Gasteiger partial charge in [-0.25, -0.2) is 4.79 Å². The number of benzene rings is 2. The number of fused-ring (bicyclic) bond motifs is 4. The molecule has 2 saturated carbocycles. The first kappa shape index (κ1) is 33.0. The van der Waals surface area contributed by atoms with Gasteiger partial charge >= 0.3 is 17.9 Å². The molecule has 0 spiro atoms. The Hall–Kier alpha value is -3.57. The summed E-state index contributed by atoms with van der Waals surface area (Å²) in [7, 11) is 0. The summed E-state index contributed by atoms with van der Waals surface area (Å²) < 4.78 is 38.7. The number of esters is 3. The topological polar surface area (TPSA) is 127 Å². The first-order valence-corrected chi connectivity index (χ1v) is 16.8. The van der Waals surface area contributed by atoms with Crippen molar-refractivity contribution in [3.63, 3.8) is 0 Å². The first-order valence-electron chi connectivity index (χ1n) is 16.8. The Morgan fingerprint density at radius 3 is 2.12 bits per heavy atom. The summed E-state index contributed by atoms with van der Waals surface area (Å²) in [5.74, 6) is -2.71. The molecule has 0 radical (unpaired) electrons. The van der Waals surface area contributed by atoms with Crippen molar-refractivity contribution in [2.75, 3.05) is 6.61 Å². The molecule has 5 aliphatic rings. The second-order valence-electron chi connectivity index (χ2n) is 14.8. The van der Waals surface area contributed by atoms with Gasteiger partial charge in [0.15, 0.2) is 11.9 Å². The molecule has 10 heteroatoms. The lowest BCUT2D eigenvalue weighted by Crippen LogP contribution is -2.81. The van der Waals surface area contributed by atoms with E-state index in [1.165, 1.54) is 13.8 Å². The second kappa shape index (κ2) is 11.8. The average molecular weight is 661 g/mol. The van der Waals surface area contributed by atoms with E-state index in [1.807, 2.05) is 64.1 Å². The van der Waals surface area contributed by atoms with E-state index in [-0.39, 0.29) is 6.61 Å². The van der Waals surface area contributed by atoms with E-state index >= 15 is 0 Å². The third-order valence-corrected chi connectivity index (χ3v) is 11.8. The molecule has 2 aromatic rings. The van der Waals surface area contributed by atoms with Gasteiger partial charge in [-0.3, -0.25) is 9.59 Å². The number of hydrogen-bond donors (Lipinski definition) is 1. The predicted octanol–water partition coefficient (Wildman–Crippen LogP) is 5.09. The minimum atomic E-state index is -1.20. The number of carbonyl (C=O) groups is 3. The van der Waals surface area contributed by atoms with Crippen LogP contribution in [-0.4, -0.2) is 71.8 Å². The quantitative estimate of drug-likeness (QED) is 0.263. The Morgan fingerprint density at radius 2 is 1.52 bits per heavy atom. The molecule has 0 amide bonds. The van der Waals surface area contributed by atoms with Crippen LogP contribution >= 0.6 is 0 Å². The maximum absolute atomic E-state index is 14.1. The maximum Gasteiger partial charge on any atom is 0.338 e. The molecule has 1 unspecified atom stereocenters. The van der Waals surface area contributed by atoms with Crippen LogP contribution in [0.25, 0.3) is 0 Å². The zero-order chi connectivity index (χ0) is 34.2. The van der Waals surface area contributed by atoms with E-state index < -0.39 is 89.1 Å². The van der Waals surface area contributed by atoms with E-state index in [1.54, 1.807) is 24.3 Å². The lowest BCUT2D eigenvalue weighted by Gasteiger charge is -2.70. The van der Waals surface area contributed by atoms with Crippen LogP contribution in [0.2, 0.25) is 0 Å². The molecule has 0 aromatic heterocycles. The Kier molecular flexibility index (Phi) is 8.09. The molecule has 4 fully saturated rings. The van der Waals surface area contributed by atoms with Gasteiger partial charge in [0.1, 0.15) is 24.4 Å². The monoisotopic (exact) mass is 660 g/mol. The Bertz CT molecular complexity index is 1620. The van der Waals surface area contributed by atoms with E-state index in [0.717, 1.165) is 11.1 Å². The molecule has 2 saturated heterocycles. The smallest absolute Gasteiger partial charge is 0.338 e. The fourth-order valence-corrected chi connectivity index (χ4v) is 9.74. The molecule has 48 heavy (non-hydrogen) atoms. The van der Waals surface area contributed by atoms with Crippen LogP contribution in [0.15, 0.2) is 71.8 Å². The summed E-state index contributed by atoms with van der Waals surface area (Å²) in [4.78, 5) is 39.5. The van der Waals surface area contributed by atoms with Crippen LogP contribution in [0, 0.1) is 22.7 Å². The van der Waals surface area contributed by atoms with Crippen LogP contribution < -0.4 is 0 Å². The minimum absolute atomic E-state index is 0.0801. The normalized spacial score (nSPS) is 39.4. The Labute approximate surface area is 280 Å². The lowest BCUT2D eigenvalue weighted by molar-refractivity contribution is -0.407. The van der Waals surface area contributed by atoms with Gasteiger partial charge in [-0.1, -0.05) is 69.3 Å². The zero-order valence-corrected chi connectivity index (χ0v) is 28.2. The van der Waals surface area contributed by atoms with E-state index in [0.29, 0.717) is 24.0 Å². The van der Waals surface area contributed by atoms with Crippen molar-refractivity contribution in [3.8, 4) is 0 Å². The molecule has 3 aliphatic carbocycles. The van der Waals surface area contributed by atoms with Crippen LogP contribution in [0.1, 0.15) is 76.6 Å². The highest BCUT2D eigenvalue weighted by molar-refractivity contribution is 5.89. The lowest BCUT2D eigenvalue weighted by atomic mass is 9.45. The molecule has 256 valence electrons. The molecule has 2 aliphatic heterocycles. The van der Waals surface area contributed by atoms with Gasteiger partial charge in [-0.05, 0) is 42.0 Å². The van der Waals surface area contributed by atoms with Crippen molar-refractivity contribution >= 4 is 17.9 Å². The summed E-state index contributed by atoms with van der Waals surface area (Å²) in [5.41, 5.74) is -0.455. The minimum Gasteiger partial charge on any atom is -0.458 e. The third-order valence-electron chi connectivity index (χ3n) is 11.8. The second-order valence-corrected chi connectivity index (χ2v) is 14.8. The standard InChI is InChI=1S/C38H44O10/c1-20-26(44-21(2)39)17-25-31(46-34(42)23-13-9-7-10-14-23)32-37(6)27(18-28-38(32,19-43-28)48-22(3)40)45-35(24-15-11-8-12-16-24)47-33(37)30(41)29(20)36(25,4)5/h7-16,25-28,30-33,35,41H,17-19H2,1-6H3/t25-,26-,27-,28+,30+,31+,32-,33-,35?,37+,38-/m0/s1. The molecule has 10 nitrogen and oxygen atoms in total. The van der Waals surface area contributed by atoms with Gasteiger partial charge in [0, 0.05) is 37.2 Å². The van der Waals surface area contributed by atoms with Gasteiger partial charge in [0.2, 0.25) is 0 Å². The van der Waals surface area contributed by atoms with Crippen molar-refractivity contribution in [2.24, 2.45) is 22.7 Å². The fraction of sp³-hybridized carbons (Fsp3) is 0.553. The van der Waals surface area contributed by atoms with Crippen LogP contribution in [-0.2, 0) is 38.0 Å². The molecule has 7 rings (SSSR count). The van der Waals surface area contributed by atoms with Crippen molar-refractivity contribution in [3.05, 3.63) is 82.9 Å². The number of hydrogen-bond acceptors (Lipinski definition) is 10. The van der Waals surface area contributed by atoms with Crippen molar-refractivity contribution in [2.45, 2.75) is 103 Å². The van der Waals surface area contributed by atoms with E-state index in [4.69, 9.17) is 28.4 Å². The number of rotatable bonds is 5. The third kappa shape index (κ3) is 4.94. The van der Waals surface area contributed by atoms with Crippen molar-refractivity contribution < 1.29 is 47.9 Å².